The summed E-state index contributed by atoms with van der Waals surface area (Å²) in [5, 5.41) is 0. The zero-order valence-electron chi connectivity index (χ0n) is 37.7. The minimum Gasteiger partial charge on any atom is -0.418 e. The Morgan fingerprint density at radius 1 is 0.576 bits per heavy atom. The molecule has 4 aliphatic rings. The van der Waals surface area contributed by atoms with E-state index in [4.69, 9.17) is 19.4 Å². The van der Waals surface area contributed by atoms with Crippen LogP contribution in [0.4, 0.5) is 28.6 Å². The van der Waals surface area contributed by atoms with Gasteiger partial charge in [-0.25, -0.2) is 0 Å². The first-order chi connectivity index (χ1) is 27.9. The topological polar surface area (TPSA) is 6.48 Å². The van der Waals surface area contributed by atoms with Crippen LogP contribution in [-0.4, -0.2) is 45.0 Å². The van der Waals surface area contributed by atoms with E-state index < -0.39 is 26.4 Å². The molecule has 0 amide bonds. The smallest absolute Gasteiger partial charge is 0.418 e. The summed E-state index contributed by atoms with van der Waals surface area (Å²) in [5.74, 6) is 0. The number of unbranched alkanes of at least 4 members (excludes halogenated alkanes) is 2. The van der Waals surface area contributed by atoms with Gasteiger partial charge in [0.15, 0.2) is 0 Å². The Bertz CT molecular complexity index is 1640. The molecule has 336 valence electrons. The van der Waals surface area contributed by atoms with Crippen LogP contribution in [0.25, 0.3) is 0 Å². The summed E-state index contributed by atoms with van der Waals surface area (Å²) < 4.78 is 43.3. The van der Waals surface area contributed by atoms with Gasteiger partial charge in [-0.2, -0.15) is 0 Å². The Hall–Kier alpha value is -0.802. The Balaban J connectivity index is 0.00000125. The van der Waals surface area contributed by atoms with E-state index in [0.29, 0.717) is 12.1 Å². The number of hydrogen-bond acceptors (Lipinski definition) is 2. The third-order valence-corrected chi connectivity index (χ3v) is 29.7. The Morgan fingerprint density at radius 3 is 1.14 bits per heavy atom. The first kappa shape index (κ1) is 49.2. The molecule has 1 saturated heterocycles. The van der Waals surface area contributed by atoms with Crippen molar-refractivity contribution in [2.24, 2.45) is 0 Å². The third-order valence-electron chi connectivity index (χ3n) is 14.1. The van der Waals surface area contributed by atoms with Crippen LogP contribution in [0, 0.1) is 41.5 Å². The van der Waals surface area contributed by atoms with Crippen LogP contribution in [0.2, 0.25) is 0 Å². The van der Waals surface area contributed by atoms with Gasteiger partial charge in [0.25, 0.3) is 0 Å². The fourth-order valence-corrected chi connectivity index (χ4v) is 33.2. The number of aryl methyl sites for hydroxylation is 6. The van der Waals surface area contributed by atoms with Crippen molar-refractivity contribution in [1.29, 1.82) is 0 Å². The summed E-state index contributed by atoms with van der Waals surface area (Å²) in [6.07, 6.45) is 28.3. The maximum Gasteiger partial charge on any atom is 0.673 e. The van der Waals surface area contributed by atoms with Gasteiger partial charge >= 0.3 is 353 Å². The molecule has 11 heteroatoms. The van der Waals surface area contributed by atoms with Crippen molar-refractivity contribution in [3.05, 3.63) is 57.6 Å². The van der Waals surface area contributed by atoms with Crippen LogP contribution in [0.1, 0.15) is 182 Å². The van der Waals surface area contributed by atoms with Crippen LogP contribution in [0.5, 0.6) is 0 Å². The normalized spacial score (nSPS) is 22.1. The van der Waals surface area contributed by atoms with Crippen molar-refractivity contribution in [1.82, 2.24) is 0 Å². The van der Waals surface area contributed by atoms with Gasteiger partial charge in [0.1, 0.15) is 0 Å². The van der Waals surface area contributed by atoms with E-state index in [0.717, 1.165) is 17.0 Å². The molecule has 4 fully saturated rings. The first-order valence-electron chi connectivity index (χ1n) is 23.3. The molecule has 3 saturated carbocycles. The molecule has 2 atom stereocenters. The Labute approximate surface area is 367 Å². The molecule has 0 radical (unpaired) electrons. The zero-order chi connectivity index (χ0) is 43.1. The minimum atomic E-state index is -6.00. The van der Waals surface area contributed by atoms with E-state index in [9.17, 15) is 17.3 Å². The number of nitrogens with zero attached hydrogens (tertiary/aromatic N) is 2. The van der Waals surface area contributed by atoms with Gasteiger partial charge in [-0.1, -0.05) is 0 Å². The average molecular weight is 971 g/mol. The minimum absolute atomic E-state index is 0.338. The zero-order valence-corrected chi connectivity index (χ0v) is 41.8. The number of benzene rings is 2. The summed E-state index contributed by atoms with van der Waals surface area (Å²) in [6, 6.07) is 10.4. The van der Waals surface area contributed by atoms with Crippen molar-refractivity contribution in [2.45, 2.75) is 219 Å². The molecule has 59 heavy (non-hydrogen) atoms. The second-order valence-corrected chi connectivity index (χ2v) is 33.0. The van der Waals surface area contributed by atoms with Crippen LogP contribution in [0.15, 0.2) is 24.3 Å². The molecule has 0 spiro atoms. The maximum absolute atomic E-state index is 9.75. The molecule has 3 aliphatic carbocycles. The summed E-state index contributed by atoms with van der Waals surface area (Å²) in [5.41, 5.74) is 13.4. The summed E-state index contributed by atoms with van der Waals surface area (Å²) in [4.78, 5) is 5.69. The molecule has 2 aromatic carbocycles. The summed E-state index contributed by atoms with van der Waals surface area (Å²) in [6.45, 7) is 18.7. The molecule has 6 rings (SSSR count). The van der Waals surface area contributed by atoms with Crippen LogP contribution >= 0.6 is 26.6 Å². The van der Waals surface area contributed by atoms with Gasteiger partial charge in [-0.15, -0.1) is 0 Å². The molecule has 0 N–H and O–H groups in total. The van der Waals surface area contributed by atoms with E-state index in [1.165, 1.54) is 184 Å². The predicted octanol–water partition coefficient (Wildman–Crippen LogP) is 16.6. The SMILES string of the molecule is CCCC[C@H]1[C@H](CCCC)N(c2c(C)cc(C)cc2C)[C](=[Ru]([Cl])([Cl])=[CH][P+](C2CCCCC2)(C2CCCCC2)C2CCCCC2)N1c1c(C)cc(C)cc1C.F[B-](F)(F)F. The second-order valence-electron chi connectivity index (χ2n) is 18.7. The molecule has 0 aromatic heterocycles. The van der Waals surface area contributed by atoms with Crippen LogP contribution in [0.3, 0.4) is 0 Å². The first-order valence-corrected chi connectivity index (χ1v) is 31.7. The number of halogens is 6. The van der Waals surface area contributed by atoms with Crippen LogP contribution in [-0.2, 0) is 11.9 Å². The molecule has 0 unspecified atom stereocenters. The molecule has 2 nitrogen and oxygen atoms in total. The van der Waals surface area contributed by atoms with Gasteiger partial charge < -0.3 is 17.3 Å². The van der Waals surface area contributed by atoms with Gasteiger partial charge in [-0.05, 0) is 0 Å². The van der Waals surface area contributed by atoms with E-state index in [1.54, 1.807) is 0 Å². The van der Waals surface area contributed by atoms with Gasteiger partial charge in [0.2, 0.25) is 0 Å². The van der Waals surface area contributed by atoms with Crippen molar-refractivity contribution in [3.63, 3.8) is 0 Å². The average Bonchev–Trinajstić information content (AvgIpc) is 3.48. The van der Waals surface area contributed by atoms with E-state index in [1.807, 2.05) is 0 Å². The second kappa shape index (κ2) is 21.7. The number of anilines is 2. The monoisotopic (exact) mass is 970 g/mol. The Kier molecular flexibility index (Phi) is 18.1. The van der Waals surface area contributed by atoms with Crippen molar-refractivity contribution >= 4 is 54.0 Å². The quantitative estimate of drug-likeness (QED) is 0.119. The maximum atomic E-state index is 9.75. The number of rotatable bonds is 12. The number of hydrogen-bond donors (Lipinski definition) is 0. The largest absolute Gasteiger partial charge is 0.673 e. The van der Waals surface area contributed by atoms with Crippen molar-refractivity contribution in [2.75, 3.05) is 9.80 Å². The van der Waals surface area contributed by atoms with Gasteiger partial charge in [-0.3, -0.25) is 0 Å². The van der Waals surface area contributed by atoms with E-state index >= 15 is 0 Å². The Morgan fingerprint density at radius 2 is 0.864 bits per heavy atom. The van der Waals surface area contributed by atoms with Gasteiger partial charge in [0, 0.05) is 0 Å². The molecule has 1 heterocycles. The molecule has 2 aromatic rings. The molecular weight excluding hydrogens is 894 g/mol. The molecular formula is C48H76BCl2F4N2PRu. The predicted molar refractivity (Wildman–Crippen MR) is 253 cm³/mol. The molecule has 0 bridgehead atoms. The summed E-state index contributed by atoms with van der Waals surface area (Å²) >= 11 is -3.78. The van der Waals surface area contributed by atoms with Crippen LogP contribution < -0.4 is 9.80 Å². The van der Waals surface area contributed by atoms with Crippen molar-refractivity contribution < 1.29 is 29.2 Å². The fourth-order valence-electron chi connectivity index (χ4n) is 12.0. The van der Waals surface area contributed by atoms with Crippen molar-refractivity contribution in [3.8, 4) is 0 Å². The van der Waals surface area contributed by atoms with E-state index in [-0.39, 0.29) is 0 Å². The van der Waals surface area contributed by atoms with E-state index in [2.05, 4.69) is 93.8 Å². The standard InChI is InChI=1S/C29H42N2.C19H34P.BF4.2ClH.Ru/c1-9-11-13-26-27(14-12-10-2)31(29-24(7)17-21(4)18-25(29)8)19-30(26)28-22(5)15-20(3)16-23(28)6;1-20(17-11-5-2-6-12-17,18-13-7-3-8-14-18)19-15-9-4-10-16-19;2-1(3,4)5;;;/h15-18,26-27H,9-14H2,1-8H3;1,17-19H,2-16H2;;2*1H;/q;+1;-1;;;+2/p-2/t26-,27-;;;;;/m0...../s1. The molecule has 1 aliphatic heterocycles. The third kappa shape index (κ3) is 11.9. The summed E-state index contributed by atoms with van der Waals surface area (Å²) in [7, 11) is 9.80. The van der Waals surface area contributed by atoms with Gasteiger partial charge in [0.05, 0.1) is 0 Å². The fraction of sp³-hybridized carbons (Fsp3) is 0.708.